The van der Waals surface area contributed by atoms with E-state index in [-0.39, 0.29) is 5.91 Å². The van der Waals surface area contributed by atoms with Crippen molar-refractivity contribution in [2.45, 2.75) is 6.92 Å². The topological polar surface area (TPSA) is 71.7 Å². The molecule has 0 aliphatic carbocycles. The summed E-state index contributed by atoms with van der Waals surface area (Å²) in [6.45, 7) is 1.35. The fraction of sp³-hybridized carbons (Fsp3) is 0.200. The molecule has 7 heteroatoms. The van der Waals surface area contributed by atoms with Gasteiger partial charge in [0.2, 0.25) is 5.91 Å². The maximum atomic E-state index is 12.9. The van der Waals surface area contributed by atoms with Gasteiger partial charge in [0.05, 0.1) is 32.7 Å². The molecule has 1 aromatic heterocycles. The van der Waals surface area contributed by atoms with Crippen LogP contribution in [0.3, 0.4) is 0 Å². The van der Waals surface area contributed by atoms with Gasteiger partial charge >= 0.3 is 5.69 Å². The first-order valence-electron chi connectivity index (χ1n) is 8.22. The Balaban J connectivity index is 2.18. The summed E-state index contributed by atoms with van der Waals surface area (Å²) < 4.78 is 18.3. The van der Waals surface area contributed by atoms with E-state index in [0.717, 1.165) is 4.57 Å². The van der Waals surface area contributed by atoms with Crippen molar-refractivity contribution in [1.82, 2.24) is 9.13 Å². The highest BCUT2D eigenvalue weighted by Gasteiger charge is 2.18. The molecule has 0 amide bonds. The standard InChI is InChI=1S/C20H20N2O5/c1-13(23)22-17(14-5-10-18(26-3)19(11-14)27-4)12-21(20(22)24)15-6-8-16(25-2)9-7-15/h5-12H,1-4H3. The van der Waals surface area contributed by atoms with Crippen molar-refractivity contribution in [3.8, 4) is 34.2 Å². The Bertz CT molecular complexity index is 1030. The van der Waals surface area contributed by atoms with Crippen LogP contribution in [0.4, 0.5) is 0 Å². The Labute approximate surface area is 156 Å². The summed E-state index contributed by atoms with van der Waals surface area (Å²) in [4.78, 5) is 25.0. The molecule has 0 unspecified atom stereocenters. The molecule has 0 spiro atoms. The van der Waals surface area contributed by atoms with Gasteiger partial charge in [0.1, 0.15) is 5.75 Å². The summed E-state index contributed by atoms with van der Waals surface area (Å²) >= 11 is 0. The minimum atomic E-state index is -0.447. The third-order valence-corrected chi connectivity index (χ3v) is 4.23. The molecule has 0 saturated carbocycles. The number of imidazole rings is 1. The van der Waals surface area contributed by atoms with E-state index in [9.17, 15) is 9.59 Å². The van der Waals surface area contributed by atoms with Gasteiger partial charge in [-0.25, -0.2) is 9.36 Å². The van der Waals surface area contributed by atoms with E-state index in [0.29, 0.717) is 34.2 Å². The lowest BCUT2D eigenvalue weighted by Gasteiger charge is -2.09. The molecule has 0 N–H and O–H groups in total. The smallest absolute Gasteiger partial charge is 0.340 e. The Morgan fingerprint density at radius 1 is 0.889 bits per heavy atom. The average molecular weight is 368 g/mol. The molecule has 0 atom stereocenters. The second-order valence-corrected chi connectivity index (χ2v) is 5.79. The molecule has 2 aromatic carbocycles. The largest absolute Gasteiger partial charge is 0.497 e. The van der Waals surface area contributed by atoms with Crippen LogP contribution < -0.4 is 19.9 Å². The first-order chi connectivity index (χ1) is 13.0. The van der Waals surface area contributed by atoms with Crippen LogP contribution in [0.2, 0.25) is 0 Å². The van der Waals surface area contributed by atoms with Crippen LogP contribution in [0.15, 0.2) is 53.5 Å². The third-order valence-electron chi connectivity index (χ3n) is 4.23. The molecule has 27 heavy (non-hydrogen) atoms. The van der Waals surface area contributed by atoms with Gasteiger partial charge in [0, 0.05) is 18.7 Å². The maximum Gasteiger partial charge on any atom is 0.340 e. The van der Waals surface area contributed by atoms with Crippen LogP contribution in [-0.2, 0) is 0 Å². The number of carbonyl (C=O) groups is 1. The molecule has 0 aliphatic rings. The van der Waals surface area contributed by atoms with Gasteiger partial charge in [-0.05, 0) is 42.5 Å². The van der Waals surface area contributed by atoms with Gasteiger partial charge < -0.3 is 14.2 Å². The maximum absolute atomic E-state index is 12.9. The Kier molecular flexibility index (Phi) is 5.03. The highest BCUT2D eigenvalue weighted by Crippen LogP contribution is 2.32. The number of rotatable bonds is 5. The van der Waals surface area contributed by atoms with Crippen LogP contribution in [0, 0.1) is 0 Å². The number of benzene rings is 2. The molecule has 1 heterocycles. The summed E-state index contributed by atoms with van der Waals surface area (Å²) in [5, 5.41) is 0. The summed E-state index contributed by atoms with van der Waals surface area (Å²) in [5.41, 5.74) is 1.30. The molecule has 7 nitrogen and oxygen atoms in total. The Morgan fingerprint density at radius 3 is 2.11 bits per heavy atom. The zero-order chi connectivity index (χ0) is 19.6. The van der Waals surface area contributed by atoms with Crippen molar-refractivity contribution >= 4 is 5.91 Å². The van der Waals surface area contributed by atoms with E-state index in [2.05, 4.69) is 0 Å². The molecule has 0 bridgehead atoms. The van der Waals surface area contributed by atoms with Gasteiger partial charge in [-0.2, -0.15) is 0 Å². The first kappa shape index (κ1) is 18.3. The molecule has 0 aliphatic heterocycles. The minimum absolute atomic E-state index is 0.378. The molecule has 140 valence electrons. The second kappa shape index (κ2) is 7.41. The number of aromatic nitrogens is 2. The van der Waals surface area contributed by atoms with Crippen molar-refractivity contribution in [3.05, 3.63) is 59.1 Å². The zero-order valence-electron chi connectivity index (χ0n) is 15.6. The van der Waals surface area contributed by atoms with Gasteiger partial charge in [-0.15, -0.1) is 0 Å². The summed E-state index contributed by atoms with van der Waals surface area (Å²) in [7, 11) is 4.65. The van der Waals surface area contributed by atoms with Gasteiger partial charge in [0.25, 0.3) is 0 Å². The predicted molar refractivity (Wildman–Crippen MR) is 101 cm³/mol. The number of hydrogen-bond donors (Lipinski definition) is 0. The molecule has 3 rings (SSSR count). The van der Waals surface area contributed by atoms with Crippen LogP contribution in [0.1, 0.15) is 11.7 Å². The summed E-state index contributed by atoms with van der Waals surface area (Å²) in [6.07, 6.45) is 1.63. The van der Waals surface area contributed by atoms with Crippen molar-refractivity contribution in [3.63, 3.8) is 0 Å². The quantitative estimate of drug-likeness (QED) is 0.692. The lowest BCUT2D eigenvalue weighted by Crippen LogP contribution is -2.27. The van der Waals surface area contributed by atoms with Crippen molar-refractivity contribution in [2.24, 2.45) is 0 Å². The van der Waals surface area contributed by atoms with E-state index in [1.165, 1.54) is 18.6 Å². The molecular formula is C20H20N2O5. The van der Waals surface area contributed by atoms with Crippen LogP contribution in [0.5, 0.6) is 17.2 Å². The minimum Gasteiger partial charge on any atom is -0.497 e. The first-order valence-corrected chi connectivity index (χ1v) is 8.22. The predicted octanol–water partition coefficient (Wildman–Crippen LogP) is 2.99. The fourth-order valence-corrected chi connectivity index (χ4v) is 2.88. The molecule has 0 fully saturated rings. The van der Waals surface area contributed by atoms with E-state index >= 15 is 0 Å². The molecule has 0 saturated heterocycles. The molecule has 0 radical (unpaired) electrons. The van der Waals surface area contributed by atoms with E-state index < -0.39 is 5.69 Å². The SMILES string of the molecule is COc1ccc(-n2cc(-c3ccc(OC)c(OC)c3)n(C(C)=O)c2=O)cc1. The number of methoxy groups -OCH3 is 3. The lowest BCUT2D eigenvalue weighted by atomic mass is 10.1. The fourth-order valence-electron chi connectivity index (χ4n) is 2.88. The highest BCUT2D eigenvalue weighted by molar-refractivity contribution is 5.82. The Hall–Kier alpha value is -3.48. The van der Waals surface area contributed by atoms with Crippen LogP contribution >= 0.6 is 0 Å². The van der Waals surface area contributed by atoms with Crippen molar-refractivity contribution < 1.29 is 19.0 Å². The van der Waals surface area contributed by atoms with E-state index in [1.54, 1.807) is 62.9 Å². The monoisotopic (exact) mass is 368 g/mol. The van der Waals surface area contributed by atoms with Gasteiger partial charge in [-0.3, -0.25) is 9.36 Å². The number of nitrogens with zero attached hydrogens (tertiary/aromatic N) is 2. The summed E-state index contributed by atoms with van der Waals surface area (Å²) in [5.74, 6) is 1.37. The van der Waals surface area contributed by atoms with Crippen LogP contribution in [-0.4, -0.2) is 36.4 Å². The normalized spacial score (nSPS) is 10.5. The van der Waals surface area contributed by atoms with E-state index in [4.69, 9.17) is 14.2 Å². The van der Waals surface area contributed by atoms with Gasteiger partial charge in [-0.1, -0.05) is 0 Å². The third kappa shape index (κ3) is 3.31. The zero-order valence-corrected chi connectivity index (χ0v) is 15.6. The second-order valence-electron chi connectivity index (χ2n) is 5.79. The summed E-state index contributed by atoms with van der Waals surface area (Å²) in [6, 6.07) is 12.2. The highest BCUT2D eigenvalue weighted by atomic mass is 16.5. The van der Waals surface area contributed by atoms with Gasteiger partial charge in [0.15, 0.2) is 11.5 Å². The Morgan fingerprint density at radius 2 is 1.56 bits per heavy atom. The van der Waals surface area contributed by atoms with Crippen molar-refractivity contribution in [2.75, 3.05) is 21.3 Å². The van der Waals surface area contributed by atoms with Crippen molar-refractivity contribution in [1.29, 1.82) is 0 Å². The molecule has 3 aromatic rings. The molecular weight excluding hydrogens is 348 g/mol. The number of ether oxygens (including phenoxy) is 3. The average Bonchev–Trinajstić information content (AvgIpc) is 3.04. The van der Waals surface area contributed by atoms with Crippen LogP contribution in [0.25, 0.3) is 16.9 Å². The lowest BCUT2D eigenvalue weighted by molar-refractivity contribution is 0.0934. The number of hydrogen-bond acceptors (Lipinski definition) is 5. The van der Waals surface area contributed by atoms with E-state index in [1.807, 2.05) is 0 Å². The number of carbonyl (C=O) groups excluding carboxylic acids is 1.